The number of carboxylic acid groups (broad SMARTS) is 1. The quantitative estimate of drug-likeness (QED) is 0.913. The van der Waals surface area contributed by atoms with E-state index in [-0.39, 0.29) is 5.25 Å². The van der Waals surface area contributed by atoms with Crippen molar-refractivity contribution in [3.8, 4) is 0 Å². The standard InChI is InChI=1S/C12H18N4O2S/c17-11(18)12(6-2-3-7-12)16-14-10(13-15-16)9-5-1-4-8-19-9/h9H,1-8H2,(H,17,18). The molecule has 7 heteroatoms. The average molecular weight is 282 g/mol. The molecule has 3 rings (SSSR count). The van der Waals surface area contributed by atoms with Crippen molar-refractivity contribution in [2.75, 3.05) is 5.75 Å². The number of carboxylic acids is 1. The molecule has 2 heterocycles. The molecular formula is C12H18N4O2S. The van der Waals surface area contributed by atoms with Crippen LogP contribution in [0.25, 0.3) is 0 Å². The molecule has 1 unspecified atom stereocenters. The maximum atomic E-state index is 11.6. The summed E-state index contributed by atoms with van der Waals surface area (Å²) in [7, 11) is 0. The second kappa shape index (κ2) is 5.11. The van der Waals surface area contributed by atoms with Gasteiger partial charge < -0.3 is 5.11 Å². The van der Waals surface area contributed by atoms with Crippen LogP contribution in [0.3, 0.4) is 0 Å². The summed E-state index contributed by atoms with van der Waals surface area (Å²) in [6.07, 6.45) is 6.55. The zero-order valence-corrected chi connectivity index (χ0v) is 11.6. The topological polar surface area (TPSA) is 80.9 Å². The van der Waals surface area contributed by atoms with Crippen LogP contribution in [0.5, 0.6) is 0 Å². The van der Waals surface area contributed by atoms with Crippen LogP contribution in [0, 0.1) is 0 Å². The molecule has 0 spiro atoms. The van der Waals surface area contributed by atoms with E-state index >= 15 is 0 Å². The van der Waals surface area contributed by atoms with Crippen molar-refractivity contribution in [3.63, 3.8) is 0 Å². The van der Waals surface area contributed by atoms with Crippen molar-refractivity contribution in [2.24, 2.45) is 0 Å². The maximum absolute atomic E-state index is 11.6. The van der Waals surface area contributed by atoms with Crippen LogP contribution in [0.2, 0.25) is 0 Å². The summed E-state index contributed by atoms with van der Waals surface area (Å²) in [4.78, 5) is 12.9. The van der Waals surface area contributed by atoms with Crippen LogP contribution in [-0.4, -0.2) is 37.0 Å². The Bertz CT molecular complexity index is 464. The van der Waals surface area contributed by atoms with Gasteiger partial charge in [-0.3, -0.25) is 0 Å². The van der Waals surface area contributed by atoms with E-state index in [0.29, 0.717) is 18.7 Å². The molecule has 1 aromatic heterocycles. The molecule has 1 atom stereocenters. The van der Waals surface area contributed by atoms with Crippen LogP contribution in [0.1, 0.15) is 56.0 Å². The molecule has 6 nitrogen and oxygen atoms in total. The van der Waals surface area contributed by atoms with Crippen LogP contribution in [-0.2, 0) is 10.3 Å². The van der Waals surface area contributed by atoms with Gasteiger partial charge in [0.2, 0.25) is 0 Å². The first-order chi connectivity index (χ1) is 9.22. The lowest BCUT2D eigenvalue weighted by molar-refractivity contribution is -0.148. The molecule has 0 bridgehead atoms. The zero-order chi connectivity index (χ0) is 13.3. The number of aromatic nitrogens is 4. The van der Waals surface area contributed by atoms with Gasteiger partial charge in [0.15, 0.2) is 11.4 Å². The second-order valence-corrected chi connectivity index (χ2v) is 6.65. The number of thioether (sulfide) groups is 1. The highest BCUT2D eigenvalue weighted by Crippen LogP contribution is 2.38. The summed E-state index contributed by atoms with van der Waals surface area (Å²) < 4.78 is 0. The average Bonchev–Trinajstić information content (AvgIpc) is 3.09. The number of aliphatic carboxylic acids is 1. The van der Waals surface area contributed by atoms with E-state index in [1.54, 1.807) is 0 Å². The Morgan fingerprint density at radius 1 is 1.32 bits per heavy atom. The van der Waals surface area contributed by atoms with E-state index in [2.05, 4.69) is 15.4 Å². The Kier molecular flexibility index (Phi) is 3.47. The van der Waals surface area contributed by atoms with Gasteiger partial charge in [-0.2, -0.15) is 11.8 Å². The maximum Gasteiger partial charge on any atom is 0.333 e. The van der Waals surface area contributed by atoms with Crippen LogP contribution < -0.4 is 0 Å². The minimum Gasteiger partial charge on any atom is -0.479 e. The van der Waals surface area contributed by atoms with Gasteiger partial charge in [0.25, 0.3) is 0 Å². The van der Waals surface area contributed by atoms with Crippen molar-refractivity contribution in [1.29, 1.82) is 0 Å². The van der Waals surface area contributed by atoms with Crippen molar-refractivity contribution in [3.05, 3.63) is 5.82 Å². The molecule has 2 fully saturated rings. The number of hydrogen-bond acceptors (Lipinski definition) is 5. The summed E-state index contributed by atoms with van der Waals surface area (Å²) in [5.74, 6) is 1.01. The minimum atomic E-state index is -0.954. The molecule has 2 aliphatic rings. The lowest BCUT2D eigenvalue weighted by Gasteiger charge is -2.22. The van der Waals surface area contributed by atoms with Crippen molar-refractivity contribution < 1.29 is 9.90 Å². The van der Waals surface area contributed by atoms with E-state index in [1.807, 2.05) is 11.8 Å². The number of carbonyl (C=O) groups is 1. The van der Waals surface area contributed by atoms with Crippen molar-refractivity contribution >= 4 is 17.7 Å². The normalized spacial score (nSPS) is 26.4. The third-order valence-corrected chi connectivity index (χ3v) is 5.48. The monoisotopic (exact) mass is 282 g/mol. The van der Waals surface area contributed by atoms with Crippen LogP contribution in [0.4, 0.5) is 0 Å². The Morgan fingerprint density at radius 3 is 2.74 bits per heavy atom. The molecule has 1 saturated carbocycles. The van der Waals surface area contributed by atoms with Gasteiger partial charge in [0.1, 0.15) is 0 Å². The summed E-state index contributed by atoms with van der Waals surface area (Å²) in [5, 5.41) is 22.3. The SMILES string of the molecule is O=C(O)C1(n2nnc(C3CCCCS3)n2)CCCC1. The Balaban J connectivity index is 1.85. The predicted molar refractivity (Wildman–Crippen MR) is 70.9 cm³/mol. The molecule has 1 aliphatic carbocycles. The Hall–Kier alpha value is -1.11. The lowest BCUT2D eigenvalue weighted by atomic mass is 9.99. The molecule has 1 N–H and O–H groups in total. The van der Waals surface area contributed by atoms with Gasteiger partial charge in [-0.1, -0.05) is 19.3 Å². The smallest absolute Gasteiger partial charge is 0.333 e. The summed E-state index contributed by atoms with van der Waals surface area (Å²) in [5.41, 5.74) is -0.954. The molecule has 1 aromatic rings. The van der Waals surface area contributed by atoms with Gasteiger partial charge in [0, 0.05) is 0 Å². The first-order valence-corrected chi connectivity index (χ1v) is 7.93. The summed E-state index contributed by atoms with van der Waals surface area (Å²) in [6.45, 7) is 0. The molecule has 0 radical (unpaired) electrons. The third-order valence-electron chi connectivity index (χ3n) is 4.11. The summed E-state index contributed by atoms with van der Waals surface area (Å²) >= 11 is 1.85. The number of tetrazole rings is 1. The van der Waals surface area contributed by atoms with E-state index in [4.69, 9.17) is 0 Å². The highest BCUT2D eigenvalue weighted by molar-refractivity contribution is 7.99. The van der Waals surface area contributed by atoms with Crippen LogP contribution in [0.15, 0.2) is 0 Å². The zero-order valence-electron chi connectivity index (χ0n) is 10.8. The highest BCUT2D eigenvalue weighted by atomic mass is 32.2. The van der Waals surface area contributed by atoms with Gasteiger partial charge in [-0.15, -0.1) is 15.0 Å². The van der Waals surface area contributed by atoms with Crippen LogP contribution >= 0.6 is 11.8 Å². The summed E-state index contributed by atoms with van der Waals surface area (Å²) in [6, 6.07) is 0. The van der Waals surface area contributed by atoms with Gasteiger partial charge >= 0.3 is 5.97 Å². The second-order valence-electron chi connectivity index (χ2n) is 5.34. The first kappa shape index (κ1) is 12.9. The van der Waals surface area contributed by atoms with Crippen molar-refractivity contribution in [1.82, 2.24) is 20.2 Å². The van der Waals surface area contributed by atoms with E-state index in [9.17, 15) is 9.90 Å². The number of nitrogens with zero attached hydrogens (tertiary/aromatic N) is 4. The minimum absolute atomic E-state index is 0.287. The molecule has 104 valence electrons. The first-order valence-electron chi connectivity index (χ1n) is 6.88. The Morgan fingerprint density at radius 2 is 2.11 bits per heavy atom. The predicted octanol–water partition coefficient (Wildman–Crippen LogP) is 1.99. The van der Waals surface area contributed by atoms with Gasteiger partial charge in [-0.05, 0) is 36.6 Å². The molecular weight excluding hydrogens is 264 g/mol. The Labute approximate surface area is 115 Å². The molecule has 0 aromatic carbocycles. The number of hydrogen-bond donors (Lipinski definition) is 1. The molecule has 19 heavy (non-hydrogen) atoms. The van der Waals surface area contributed by atoms with E-state index in [1.165, 1.54) is 17.6 Å². The molecule has 0 amide bonds. The molecule has 1 saturated heterocycles. The fraction of sp³-hybridized carbons (Fsp3) is 0.833. The number of rotatable bonds is 3. The largest absolute Gasteiger partial charge is 0.479 e. The van der Waals surface area contributed by atoms with Gasteiger partial charge in [0.05, 0.1) is 5.25 Å². The fourth-order valence-corrected chi connectivity index (χ4v) is 4.17. The lowest BCUT2D eigenvalue weighted by Crippen LogP contribution is -2.41. The van der Waals surface area contributed by atoms with E-state index < -0.39 is 11.5 Å². The third kappa shape index (κ3) is 2.24. The fourth-order valence-electron chi connectivity index (χ4n) is 2.94. The highest BCUT2D eigenvalue weighted by Gasteiger charge is 2.46. The van der Waals surface area contributed by atoms with Crippen molar-refractivity contribution in [2.45, 2.75) is 55.7 Å². The van der Waals surface area contributed by atoms with Gasteiger partial charge in [-0.25, -0.2) is 4.79 Å². The molecule has 1 aliphatic heterocycles. The van der Waals surface area contributed by atoms with E-state index in [0.717, 1.165) is 25.0 Å².